The second kappa shape index (κ2) is 7.57. The lowest BCUT2D eigenvalue weighted by atomic mass is 10.1. The molecule has 2 fully saturated rings. The zero-order valence-corrected chi connectivity index (χ0v) is 17.8. The molecule has 2 aromatic rings. The molecule has 0 radical (unpaired) electrons. The molecule has 0 N–H and O–H groups in total. The van der Waals surface area contributed by atoms with Gasteiger partial charge in [0.15, 0.2) is 15.0 Å². The summed E-state index contributed by atoms with van der Waals surface area (Å²) in [5.41, 5.74) is 3.76. The number of thioether (sulfide) groups is 1. The van der Waals surface area contributed by atoms with Crippen LogP contribution in [0.4, 0.5) is 10.1 Å². The van der Waals surface area contributed by atoms with Crippen LogP contribution < -0.4 is 4.90 Å². The average molecular weight is 433 g/mol. The molecule has 2 aliphatic rings. The van der Waals surface area contributed by atoms with E-state index in [1.807, 2.05) is 36.9 Å². The Labute approximate surface area is 173 Å². The summed E-state index contributed by atoms with van der Waals surface area (Å²) in [6.45, 7) is 4.02. The number of fused-ring (bicyclic) bond motifs is 1. The van der Waals surface area contributed by atoms with E-state index in [1.165, 1.54) is 23.9 Å². The van der Waals surface area contributed by atoms with Crippen molar-refractivity contribution >= 4 is 38.4 Å². The van der Waals surface area contributed by atoms with Crippen LogP contribution in [-0.4, -0.2) is 42.3 Å². The SMILES string of the molecule is Cc1ccc(N2C(=NC(=O)Cc3ccc(F)cc3)SC3CS(=O)(=O)CC32)cc1C. The lowest BCUT2D eigenvalue weighted by molar-refractivity contribution is -0.117. The van der Waals surface area contributed by atoms with Crippen LogP contribution in [0, 0.1) is 19.7 Å². The first kappa shape index (κ1) is 20.1. The normalized spacial score (nSPS) is 24.1. The van der Waals surface area contributed by atoms with E-state index in [9.17, 15) is 17.6 Å². The molecule has 2 heterocycles. The van der Waals surface area contributed by atoms with Gasteiger partial charge in [-0.15, -0.1) is 0 Å². The van der Waals surface area contributed by atoms with Crippen LogP contribution in [0.2, 0.25) is 0 Å². The highest BCUT2D eigenvalue weighted by atomic mass is 32.2. The summed E-state index contributed by atoms with van der Waals surface area (Å²) < 4.78 is 37.4. The molecular formula is C21H21FN2O3S2. The molecule has 0 bridgehead atoms. The Balaban J connectivity index is 1.65. The molecule has 8 heteroatoms. The number of aryl methyl sites for hydroxylation is 2. The fourth-order valence-corrected chi connectivity index (χ4v) is 7.60. The second-order valence-corrected chi connectivity index (χ2v) is 10.9. The number of amides is 1. The number of benzene rings is 2. The summed E-state index contributed by atoms with van der Waals surface area (Å²) in [6.07, 6.45) is 0.0682. The van der Waals surface area contributed by atoms with Gasteiger partial charge < -0.3 is 4.90 Å². The summed E-state index contributed by atoms with van der Waals surface area (Å²) in [5, 5.41) is 0.393. The van der Waals surface area contributed by atoms with Gasteiger partial charge >= 0.3 is 0 Å². The molecule has 2 aliphatic heterocycles. The van der Waals surface area contributed by atoms with Crippen molar-refractivity contribution in [2.24, 2.45) is 4.99 Å². The van der Waals surface area contributed by atoms with Gasteiger partial charge in [0.05, 0.1) is 24.0 Å². The molecule has 2 saturated heterocycles. The Morgan fingerprint density at radius 3 is 2.55 bits per heavy atom. The van der Waals surface area contributed by atoms with Crippen LogP contribution in [-0.2, 0) is 21.1 Å². The maximum atomic E-state index is 13.1. The highest BCUT2D eigenvalue weighted by Crippen LogP contribution is 2.41. The lowest BCUT2D eigenvalue weighted by Crippen LogP contribution is -2.37. The van der Waals surface area contributed by atoms with Crippen LogP contribution in [0.1, 0.15) is 16.7 Å². The van der Waals surface area contributed by atoms with Crippen LogP contribution >= 0.6 is 11.8 Å². The Morgan fingerprint density at radius 2 is 1.86 bits per heavy atom. The number of carbonyl (C=O) groups excluding carboxylic acids is 1. The first-order valence-corrected chi connectivity index (χ1v) is 12.0. The molecule has 0 spiro atoms. The molecule has 1 amide bonds. The first-order chi connectivity index (χ1) is 13.7. The van der Waals surface area contributed by atoms with Crippen molar-refractivity contribution in [3.63, 3.8) is 0 Å². The van der Waals surface area contributed by atoms with Crippen LogP contribution in [0.15, 0.2) is 47.5 Å². The number of carbonyl (C=O) groups is 1. The van der Waals surface area contributed by atoms with Gasteiger partial charge in [-0.05, 0) is 54.8 Å². The number of nitrogens with zero attached hydrogens (tertiary/aromatic N) is 2. The minimum Gasteiger partial charge on any atom is -0.316 e. The van der Waals surface area contributed by atoms with Crippen molar-refractivity contribution in [3.05, 3.63) is 65.0 Å². The zero-order valence-electron chi connectivity index (χ0n) is 16.1. The van der Waals surface area contributed by atoms with Gasteiger partial charge in [-0.1, -0.05) is 30.0 Å². The van der Waals surface area contributed by atoms with Gasteiger partial charge in [0.25, 0.3) is 5.91 Å². The molecule has 0 aliphatic carbocycles. The van der Waals surface area contributed by atoms with Crippen molar-refractivity contribution in [3.8, 4) is 0 Å². The van der Waals surface area contributed by atoms with E-state index in [0.29, 0.717) is 10.7 Å². The summed E-state index contributed by atoms with van der Waals surface area (Å²) >= 11 is 1.35. The standard InChI is InChI=1S/C21H21FN2O3S2/c1-13-3-8-17(9-14(13)2)24-18-11-29(26,27)12-19(18)28-21(24)23-20(25)10-15-4-6-16(22)7-5-15/h3-9,18-19H,10-12H2,1-2H3. The number of hydrogen-bond donors (Lipinski definition) is 0. The third-order valence-corrected chi connectivity index (χ3v) is 8.53. The molecule has 0 saturated carbocycles. The highest BCUT2D eigenvalue weighted by molar-refractivity contribution is 8.16. The smallest absolute Gasteiger partial charge is 0.252 e. The van der Waals surface area contributed by atoms with Crippen molar-refractivity contribution in [1.29, 1.82) is 0 Å². The highest BCUT2D eigenvalue weighted by Gasteiger charge is 2.49. The Bertz CT molecular complexity index is 1100. The van der Waals surface area contributed by atoms with Crippen molar-refractivity contribution in [2.75, 3.05) is 16.4 Å². The van der Waals surface area contributed by atoms with E-state index >= 15 is 0 Å². The monoisotopic (exact) mass is 432 g/mol. The molecule has 29 heavy (non-hydrogen) atoms. The molecule has 0 aromatic heterocycles. The number of aliphatic imine (C=N–C) groups is 1. The maximum Gasteiger partial charge on any atom is 0.252 e. The quantitative estimate of drug-likeness (QED) is 0.745. The van der Waals surface area contributed by atoms with Crippen molar-refractivity contribution in [2.45, 2.75) is 31.6 Å². The second-order valence-electron chi connectivity index (χ2n) is 7.53. The van der Waals surface area contributed by atoms with Gasteiger partial charge in [0.1, 0.15) is 5.82 Å². The van der Waals surface area contributed by atoms with Gasteiger partial charge in [-0.3, -0.25) is 4.79 Å². The molecule has 2 atom stereocenters. The third-order valence-electron chi connectivity index (χ3n) is 5.32. The van der Waals surface area contributed by atoms with E-state index in [4.69, 9.17) is 0 Å². The molecule has 4 rings (SSSR count). The summed E-state index contributed by atoms with van der Waals surface area (Å²) in [4.78, 5) is 18.8. The maximum absolute atomic E-state index is 13.1. The lowest BCUT2D eigenvalue weighted by Gasteiger charge is -2.25. The zero-order chi connectivity index (χ0) is 20.8. The Hall–Kier alpha value is -2.19. The fraction of sp³-hybridized carbons (Fsp3) is 0.333. The molecule has 152 valence electrons. The van der Waals surface area contributed by atoms with Crippen molar-refractivity contribution < 1.29 is 17.6 Å². The van der Waals surface area contributed by atoms with Gasteiger partial charge in [-0.25, -0.2) is 12.8 Å². The molecule has 5 nitrogen and oxygen atoms in total. The predicted octanol–water partition coefficient (Wildman–Crippen LogP) is 3.29. The van der Waals surface area contributed by atoms with E-state index in [2.05, 4.69) is 4.99 Å². The van der Waals surface area contributed by atoms with E-state index in [1.54, 1.807) is 12.1 Å². The molecule has 2 unspecified atom stereocenters. The summed E-state index contributed by atoms with van der Waals surface area (Å²) in [6, 6.07) is 11.5. The fourth-order valence-electron chi connectivity index (χ4n) is 3.66. The van der Waals surface area contributed by atoms with Gasteiger partial charge in [0.2, 0.25) is 0 Å². The molecule has 2 aromatic carbocycles. The molecular weight excluding hydrogens is 411 g/mol. The van der Waals surface area contributed by atoms with Crippen LogP contribution in [0.5, 0.6) is 0 Å². The largest absolute Gasteiger partial charge is 0.316 e. The predicted molar refractivity (Wildman–Crippen MR) is 115 cm³/mol. The number of sulfone groups is 1. The van der Waals surface area contributed by atoms with E-state index in [-0.39, 0.29) is 40.9 Å². The first-order valence-electron chi connectivity index (χ1n) is 9.31. The number of halogens is 1. The number of rotatable bonds is 3. The Morgan fingerprint density at radius 1 is 1.14 bits per heavy atom. The van der Waals surface area contributed by atoms with Gasteiger partial charge in [0, 0.05) is 10.9 Å². The van der Waals surface area contributed by atoms with Crippen LogP contribution in [0.25, 0.3) is 0 Å². The minimum atomic E-state index is -3.11. The number of hydrogen-bond acceptors (Lipinski definition) is 4. The summed E-state index contributed by atoms with van der Waals surface area (Å²) in [5.74, 6) is -0.540. The van der Waals surface area contributed by atoms with Crippen molar-refractivity contribution in [1.82, 2.24) is 0 Å². The minimum absolute atomic E-state index is 0.0583. The number of anilines is 1. The van der Waals surface area contributed by atoms with Crippen LogP contribution in [0.3, 0.4) is 0 Å². The number of amidine groups is 1. The third kappa shape index (κ3) is 4.23. The Kier molecular flexibility index (Phi) is 5.25. The van der Waals surface area contributed by atoms with E-state index < -0.39 is 9.84 Å². The topological polar surface area (TPSA) is 66.8 Å². The van der Waals surface area contributed by atoms with Gasteiger partial charge in [-0.2, -0.15) is 4.99 Å². The van der Waals surface area contributed by atoms with E-state index in [0.717, 1.165) is 16.8 Å². The summed E-state index contributed by atoms with van der Waals surface area (Å²) in [7, 11) is -3.11. The average Bonchev–Trinajstić information content (AvgIpc) is 3.10.